The van der Waals surface area contributed by atoms with E-state index in [-0.39, 0.29) is 0 Å². The largest absolute Gasteiger partial charge is 0.493 e. The van der Waals surface area contributed by atoms with Gasteiger partial charge in [0.05, 0.1) is 20.3 Å². The van der Waals surface area contributed by atoms with E-state index in [2.05, 4.69) is 0 Å². The summed E-state index contributed by atoms with van der Waals surface area (Å²) in [6, 6.07) is 6.15. The van der Waals surface area contributed by atoms with Crippen molar-refractivity contribution in [2.45, 2.75) is 6.04 Å². The third-order valence-electron chi connectivity index (χ3n) is 2.69. The minimum absolute atomic E-state index is 0.358. The smallest absolute Gasteiger partial charge is 0.163 e. The van der Waals surface area contributed by atoms with Crippen LogP contribution in [0, 0.1) is 5.82 Å². The summed E-state index contributed by atoms with van der Waals surface area (Å²) in [6.07, 6.45) is 0. The van der Waals surface area contributed by atoms with Crippen LogP contribution in [0.4, 0.5) is 4.39 Å². The number of ether oxygens (including phenoxy) is 2. The van der Waals surface area contributed by atoms with Gasteiger partial charge in [-0.25, -0.2) is 4.39 Å². The van der Waals surface area contributed by atoms with Crippen LogP contribution in [0.2, 0.25) is 0 Å². The summed E-state index contributed by atoms with van der Waals surface area (Å²) in [4.78, 5) is 0.904. The second kappa shape index (κ2) is 5.37. The van der Waals surface area contributed by atoms with Crippen molar-refractivity contribution < 1.29 is 13.9 Å². The molecule has 0 unspecified atom stereocenters. The summed E-state index contributed by atoms with van der Waals surface area (Å²) in [6.45, 7) is 0. The molecule has 0 spiro atoms. The molecule has 5 heteroatoms. The average Bonchev–Trinajstić information content (AvgIpc) is 2.91. The highest BCUT2D eigenvalue weighted by Gasteiger charge is 2.18. The standard InChI is InChI=1S/C13H14FNO2S/c1-16-10-6-8(9(14)7-11(10)17-2)13(15)12-4-3-5-18-12/h3-7,13H,15H2,1-2H3/t13-/m1/s1. The lowest BCUT2D eigenvalue weighted by Crippen LogP contribution is -2.12. The molecule has 0 aliphatic carbocycles. The normalized spacial score (nSPS) is 12.2. The average molecular weight is 267 g/mol. The minimum Gasteiger partial charge on any atom is -0.493 e. The Morgan fingerprint density at radius 1 is 1.22 bits per heavy atom. The molecule has 0 saturated carbocycles. The Bertz CT molecular complexity index is 528. The molecule has 1 aromatic heterocycles. The van der Waals surface area contributed by atoms with Crippen molar-refractivity contribution in [3.05, 3.63) is 45.9 Å². The van der Waals surface area contributed by atoms with E-state index in [0.29, 0.717) is 17.1 Å². The van der Waals surface area contributed by atoms with Crippen molar-refractivity contribution in [3.63, 3.8) is 0 Å². The number of hydrogen-bond acceptors (Lipinski definition) is 4. The van der Waals surface area contributed by atoms with E-state index in [9.17, 15) is 4.39 Å². The van der Waals surface area contributed by atoms with E-state index in [1.807, 2.05) is 17.5 Å². The maximum atomic E-state index is 14.0. The number of rotatable bonds is 4. The second-order valence-electron chi connectivity index (χ2n) is 3.72. The van der Waals surface area contributed by atoms with Gasteiger partial charge in [-0.3, -0.25) is 0 Å². The van der Waals surface area contributed by atoms with E-state index in [1.165, 1.54) is 31.6 Å². The lowest BCUT2D eigenvalue weighted by molar-refractivity contribution is 0.351. The molecule has 0 amide bonds. The summed E-state index contributed by atoms with van der Waals surface area (Å²) in [5, 5.41) is 1.91. The molecule has 0 bridgehead atoms. The zero-order chi connectivity index (χ0) is 13.1. The molecule has 0 aliphatic rings. The first kappa shape index (κ1) is 12.9. The van der Waals surface area contributed by atoms with Crippen molar-refractivity contribution >= 4 is 11.3 Å². The maximum absolute atomic E-state index is 14.0. The van der Waals surface area contributed by atoms with Gasteiger partial charge < -0.3 is 15.2 Å². The van der Waals surface area contributed by atoms with E-state index in [1.54, 1.807) is 6.07 Å². The number of halogens is 1. The second-order valence-corrected chi connectivity index (χ2v) is 4.70. The monoisotopic (exact) mass is 267 g/mol. The molecule has 0 radical (unpaired) electrons. The van der Waals surface area contributed by atoms with Crippen LogP contribution in [0.15, 0.2) is 29.6 Å². The molecule has 1 aromatic carbocycles. The van der Waals surface area contributed by atoms with E-state index in [0.717, 1.165) is 4.88 Å². The highest BCUT2D eigenvalue weighted by molar-refractivity contribution is 7.10. The molecule has 2 rings (SSSR count). The first-order valence-electron chi connectivity index (χ1n) is 5.37. The van der Waals surface area contributed by atoms with Gasteiger partial charge in [-0.05, 0) is 17.5 Å². The molecule has 0 fully saturated rings. The number of thiophene rings is 1. The third-order valence-corrected chi connectivity index (χ3v) is 3.64. The van der Waals surface area contributed by atoms with Crippen molar-refractivity contribution in [2.24, 2.45) is 5.73 Å². The summed E-state index contributed by atoms with van der Waals surface area (Å²) < 4.78 is 24.2. The minimum atomic E-state index is -0.496. The van der Waals surface area contributed by atoms with Crippen LogP contribution in [0.1, 0.15) is 16.5 Å². The first-order valence-corrected chi connectivity index (χ1v) is 6.25. The lowest BCUT2D eigenvalue weighted by atomic mass is 10.0. The van der Waals surface area contributed by atoms with Crippen LogP contribution >= 0.6 is 11.3 Å². The van der Waals surface area contributed by atoms with E-state index < -0.39 is 11.9 Å². The van der Waals surface area contributed by atoms with Gasteiger partial charge in [0.15, 0.2) is 11.5 Å². The molecule has 0 saturated heterocycles. The molecule has 1 atom stereocenters. The predicted octanol–water partition coefficient (Wildman–Crippen LogP) is 2.95. The van der Waals surface area contributed by atoms with Crippen LogP contribution in [-0.4, -0.2) is 14.2 Å². The van der Waals surface area contributed by atoms with Crippen molar-refractivity contribution in [3.8, 4) is 11.5 Å². The first-order chi connectivity index (χ1) is 8.67. The predicted molar refractivity (Wildman–Crippen MR) is 69.9 cm³/mol. The number of nitrogens with two attached hydrogens (primary N) is 1. The maximum Gasteiger partial charge on any atom is 0.163 e. The summed E-state index contributed by atoms with van der Waals surface area (Å²) in [7, 11) is 2.98. The van der Waals surface area contributed by atoms with Crippen molar-refractivity contribution in [1.29, 1.82) is 0 Å². The highest BCUT2D eigenvalue weighted by atomic mass is 32.1. The molecular formula is C13H14FNO2S. The van der Waals surface area contributed by atoms with Crippen LogP contribution in [-0.2, 0) is 0 Å². The van der Waals surface area contributed by atoms with Crippen LogP contribution in [0.3, 0.4) is 0 Å². The Morgan fingerprint density at radius 3 is 2.44 bits per heavy atom. The molecule has 2 N–H and O–H groups in total. The van der Waals surface area contributed by atoms with Crippen molar-refractivity contribution in [1.82, 2.24) is 0 Å². The quantitative estimate of drug-likeness (QED) is 0.926. The SMILES string of the molecule is COc1cc(F)c([C@@H](N)c2cccs2)cc1OC. The van der Waals surface area contributed by atoms with Crippen LogP contribution in [0.5, 0.6) is 11.5 Å². The van der Waals surface area contributed by atoms with Gasteiger partial charge in [0.1, 0.15) is 5.82 Å². The van der Waals surface area contributed by atoms with E-state index in [4.69, 9.17) is 15.2 Å². The van der Waals surface area contributed by atoms with Gasteiger partial charge in [0.25, 0.3) is 0 Å². The summed E-state index contributed by atoms with van der Waals surface area (Å²) in [5.74, 6) is 0.437. The Hall–Kier alpha value is -1.59. The molecule has 96 valence electrons. The number of methoxy groups -OCH3 is 2. The molecule has 2 aromatic rings. The lowest BCUT2D eigenvalue weighted by Gasteiger charge is -2.15. The van der Waals surface area contributed by atoms with Gasteiger partial charge in [0.2, 0.25) is 0 Å². The third kappa shape index (κ3) is 2.32. The van der Waals surface area contributed by atoms with Crippen molar-refractivity contribution in [2.75, 3.05) is 14.2 Å². The Balaban J connectivity index is 2.45. The fraction of sp³-hybridized carbons (Fsp3) is 0.231. The molecular weight excluding hydrogens is 253 g/mol. The Morgan fingerprint density at radius 2 is 1.89 bits per heavy atom. The summed E-state index contributed by atoms with van der Waals surface area (Å²) >= 11 is 1.49. The van der Waals surface area contributed by atoms with Gasteiger partial charge >= 0.3 is 0 Å². The fourth-order valence-corrected chi connectivity index (χ4v) is 2.47. The zero-order valence-corrected chi connectivity index (χ0v) is 11.0. The van der Waals surface area contributed by atoms with Crippen LogP contribution in [0.25, 0.3) is 0 Å². The number of hydrogen-bond donors (Lipinski definition) is 1. The number of benzene rings is 1. The van der Waals surface area contributed by atoms with E-state index >= 15 is 0 Å². The Labute approximate surface area is 109 Å². The zero-order valence-electron chi connectivity index (χ0n) is 10.1. The molecule has 18 heavy (non-hydrogen) atoms. The molecule has 0 aliphatic heterocycles. The van der Waals surface area contributed by atoms with Gasteiger partial charge in [-0.2, -0.15) is 0 Å². The van der Waals surface area contributed by atoms with Gasteiger partial charge in [0, 0.05) is 16.5 Å². The highest BCUT2D eigenvalue weighted by Crippen LogP contribution is 2.34. The van der Waals surface area contributed by atoms with Gasteiger partial charge in [-0.1, -0.05) is 6.07 Å². The van der Waals surface area contributed by atoms with Gasteiger partial charge in [-0.15, -0.1) is 11.3 Å². The topological polar surface area (TPSA) is 44.5 Å². The molecule has 3 nitrogen and oxygen atoms in total. The molecule has 1 heterocycles. The summed E-state index contributed by atoms with van der Waals surface area (Å²) in [5.41, 5.74) is 6.45. The Kier molecular flexibility index (Phi) is 3.84. The fourth-order valence-electron chi connectivity index (χ4n) is 1.73. The van der Waals surface area contributed by atoms with Crippen LogP contribution < -0.4 is 15.2 Å².